The molecule has 1 heterocycles. The molecule has 22 heavy (non-hydrogen) atoms. The molecule has 0 aliphatic rings. The highest BCUT2D eigenvalue weighted by atomic mass is 32.2. The number of thioether (sulfide) groups is 1. The Bertz CT molecular complexity index is 644. The minimum absolute atomic E-state index is 0.363. The summed E-state index contributed by atoms with van der Waals surface area (Å²) in [5.74, 6) is 0.286. The molecular weight excluding hydrogens is 302 g/mol. The molecule has 3 N–H and O–H groups in total. The van der Waals surface area contributed by atoms with Gasteiger partial charge in [0.15, 0.2) is 0 Å². The van der Waals surface area contributed by atoms with Gasteiger partial charge in [-0.3, -0.25) is 15.2 Å². The molecule has 1 aromatic heterocycles. The van der Waals surface area contributed by atoms with Crippen LogP contribution in [-0.2, 0) is 11.3 Å². The Balaban J connectivity index is 1.76. The maximum absolute atomic E-state index is 11.9. The summed E-state index contributed by atoms with van der Waals surface area (Å²) in [5.41, 5.74) is 0.962. The number of aryl methyl sites for hydroxylation is 1. The fourth-order valence-electron chi connectivity index (χ4n) is 1.62. The highest BCUT2D eigenvalue weighted by Gasteiger charge is 2.18. The van der Waals surface area contributed by atoms with E-state index in [9.17, 15) is 9.59 Å². The SMILES string of the molecule is Cc1nc(SC(C)C(=O)NC(=O)NCc2ccccc2)n[nH]1. The van der Waals surface area contributed by atoms with Crippen molar-refractivity contribution in [2.75, 3.05) is 0 Å². The Morgan fingerprint density at radius 1 is 1.32 bits per heavy atom. The molecule has 0 fully saturated rings. The van der Waals surface area contributed by atoms with Crippen LogP contribution in [0.2, 0.25) is 0 Å². The standard InChI is InChI=1S/C14H17N5O2S/c1-9(22-14-16-10(2)18-19-14)12(20)17-13(21)15-8-11-6-4-3-5-7-11/h3-7,9H,8H2,1-2H3,(H,16,18,19)(H2,15,17,20,21). The second kappa shape index (κ2) is 7.60. The summed E-state index contributed by atoms with van der Waals surface area (Å²) in [5, 5.41) is 11.6. The molecule has 8 heteroatoms. The topological polar surface area (TPSA) is 99.8 Å². The van der Waals surface area contributed by atoms with Gasteiger partial charge in [0.05, 0.1) is 5.25 Å². The van der Waals surface area contributed by atoms with Crippen molar-refractivity contribution in [2.45, 2.75) is 30.8 Å². The second-order valence-electron chi connectivity index (χ2n) is 4.62. The van der Waals surface area contributed by atoms with E-state index >= 15 is 0 Å². The number of benzene rings is 1. The number of rotatable bonds is 5. The highest BCUT2D eigenvalue weighted by Crippen LogP contribution is 2.18. The van der Waals surface area contributed by atoms with Crippen LogP contribution in [0, 0.1) is 6.92 Å². The number of urea groups is 1. The summed E-state index contributed by atoms with van der Waals surface area (Å²) in [6, 6.07) is 8.94. The quantitative estimate of drug-likeness (QED) is 0.727. The maximum atomic E-state index is 11.9. The lowest BCUT2D eigenvalue weighted by Crippen LogP contribution is -2.42. The Morgan fingerprint density at radius 2 is 2.05 bits per heavy atom. The number of amides is 3. The molecule has 0 saturated carbocycles. The second-order valence-corrected chi connectivity index (χ2v) is 5.93. The van der Waals surface area contributed by atoms with Gasteiger partial charge in [-0.15, -0.1) is 5.10 Å². The Hall–Kier alpha value is -2.35. The zero-order chi connectivity index (χ0) is 15.9. The van der Waals surface area contributed by atoms with E-state index in [2.05, 4.69) is 25.8 Å². The summed E-state index contributed by atoms with van der Waals surface area (Å²) in [4.78, 5) is 27.7. The number of aromatic amines is 1. The fraction of sp³-hybridized carbons (Fsp3) is 0.286. The van der Waals surface area contributed by atoms with Crippen LogP contribution in [0.1, 0.15) is 18.3 Å². The van der Waals surface area contributed by atoms with Crippen molar-refractivity contribution >= 4 is 23.7 Å². The van der Waals surface area contributed by atoms with Gasteiger partial charge in [0.1, 0.15) is 5.82 Å². The molecule has 7 nitrogen and oxygen atoms in total. The van der Waals surface area contributed by atoms with E-state index in [0.29, 0.717) is 17.5 Å². The van der Waals surface area contributed by atoms with Crippen molar-refractivity contribution in [3.05, 3.63) is 41.7 Å². The molecule has 2 aromatic rings. The monoisotopic (exact) mass is 319 g/mol. The van der Waals surface area contributed by atoms with Crippen LogP contribution in [0.5, 0.6) is 0 Å². The summed E-state index contributed by atoms with van der Waals surface area (Å²) >= 11 is 1.18. The number of aromatic nitrogens is 3. The van der Waals surface area contributed by atoms with E-state index < -0.39 is 17.2 Å². The molecule has 2 rings (SSSR count). The number of carbonyl (C=O) groups excluding carboxylic acids is 2. The summed E-state index contributed by atoms with van der Waals surface area (Å²) in [7, 11) is 0. The zero-order valence-corrected chi connectivity index (χ0v) is 13.1. The Morgan fingerprint density at radius 3 is 2.68 bits per heavy atom. The van der Waals surface area contributed by atoms with Gasteiger partial charge in [0, 0.05) is 6.54 Å². The molecule has 1 unspecified atom stereocenters. The lowest BCUT2D eigenvalue weighted by Gasteiger charge is -2.10. The van der Waals surface area contributed by atoms with Crippen LogP contribution in [0.15, 0.2) is 35.5 Å². The van der Waals surface area contributed by atoms with Gasteiger partial charge in [-0.25, -0.2) is 9.78 Å². The average Bonchev–Trinajstić information content (AvgIpc) is 2.91. The molecule has 0 spiro atoms. The Labute approximate surface area is 132 Å². The van der Waals surface area contributed by atoms with E-state index in [1.807, 2.05) is 30.3 Å². The fourth-order valence-corrected chi connectivity index (χ4v) is 2.39. The summed E-state index contributed by atoms with van der Waals surface area (Å²) in [6.45, 7) is 3.83. The van der Waals surface area contributed by atoms with E-state index in [1.165, 1.54) is 11.8 Å². The van der Waals surface area contributed by atoms with Gasteiger partial charge in [0.2, 0.25) is 11.1 Å². The first-order valence-corrected chi connectivity index (χ1v) is 7.61. The highest BCUT2D eigenvalue weighted by molar-refractivity contribution is 8.00. The molecule has 1 atom stereocenters. The van der Waals surface area contributed by atoms with Crippen molar-refractivity contribution in [3.8, 4) is 0 Å². The molecule has 0 aliphatic carbocycles. The lowest BCUT2D eigenvalue weighted by molar-refractivity contribution is -0.119. The number of hydrogen-bond donors (Lipinski definition) is 3. The van der Waals surface area contributed by atoms with Gasteiger partial charge >= 0.3 is 6.03 Å². The maximum Gasteiger partial charge on any atom is 0.321 e. The third-order valence-electron chi connectivity index (χ3n) is 2.76. The number of hydrogen-bond acceptors (Lipinski definition) is 5. The average molecular weight is 319 g/mol. The van der Waals surface area contributed by atoms with E-state index in [4.69, 9.17) is 0 Å². The van der Waals surface area contributed by atoms with Gasteiger partial charge in [-0.05, 0) is 19.4 Å². The predicted molar refractivity (Wildman–Crippen MR) is 83.3 cm³/mol. The Kier molecular flexibility index (Phi) is 5.54. The molecule has 3 amide bonds. The number of nitrogens with zero attached hydrogens (tertiary/aromatic N) is 2. The summed E-state index contributed by atoms with van der Waals surface area (Å²) in [6.07, 6.45) is 0. The largest absolute Gasteiger partial charge is 0.334 e. The first kappa shape index (κ1) is 16.0. The minimum Gasteiger partial charge on any atom is -0.334 e. The van der Waals surface area contributed by atoms with Gasteiger partial charge < -0.3 is 5.32 Å². The van der Waals surface area contributed by atoms with Gasteiger partial charge in [-0.2, -0.15) is 0 Å². The first-order chi connectivity index (χ1) is 10.5. The van der Waals surface area contributed by atoms with Crippen LogP contribution in [0.4, 0.5) is 4.79 Å². The molecule has 0 bridgehead atoms. The lowest BCUT2D eigenvalue weighted by atomic mass is 10.2. The third kappa shape index (κ3) is 4.88. The zero-order valence-electron chi connectivity index (χ0n) is 12.3. The third-order valence-corrected chi connectivity index (χ3v) is 3.72. The van der Waals surface area contributed by atoms with Crippen LogP contribution >= 0.6 is 11.8 Å². The normalized spacial score (nSPS) is 11.7. The smallest absolute Gasteiger partial charge is 0.321 e. The number of nitrogens with one attached hydrogen (secondary N) is 3. The van der Waals surface area contributed by atoms with Crippen LogP contribution in [0.25, 0.3) is 0 Å². The van der Waals surface area contributed by atoms with Crippen LogP contribution in [-0.4, -0.2) is 32.4 Å². The summed E-state index contributed by atoms with van der Waals surface area (Å²) < 4.78 is 0. The minimum atomic E-state index is -0.521. The predicted octanol–water partition coefficient (Wildman–Crippen LogP) is 1.62. The van der Waals surface area contributed by atoms with E-state index in [-0.39, 0.29) is 0 Å². The molecular formula is C14H17N5O2S. The van der Waals surface area contributed by atoms with E-state index in [1.54, 1.807) is 13.8 Å². The molecule has 0 radical (unpaired) electrons. The van der Waals surface area contributed by atoms with Crippen molar-refractivity contribution in [3.63, 3.8) is 0 Å². The molecule has 116 valence electrons. The number of imide groups is 1. The molecule has 0 saturated heterocycles. The van der Waals surface area contributed by atoms with E-state index in [0.717, 1.165) is 5.56 Å². The van der Waals surface area contributed by atoms with Crippen LogP contribution < -0.4 is 10.6 Å². The first-order valence-electron chi connectivity index (χ1n) is 6.73. The number of carbonyl (C=O) groups is 2. The molecule has 0 aliphatic heterocycles. The van der Waals surface area contributed by atoms with Crippen molar-refractivity contribution in [1.29, 1.82) is 0 Å². The molecule has 1 aromatic carbocycles. The van der Waals surface area contributed by atoms with Gasteiger partial charge in [0.25, 0.3) is 0 Å². The van der Waals surface area contributed by atoms with Crippen molar-refractivity contribution in [2.24, 2.45) is 0 Å². The van der Waals surface area contributed by atoms with Gasteiger partial charge in [-0.1, -0.05) is 42.1 Å². The van der Waals surface area contributed by atoms with Crippen molar-refractivity contribution in [1.82, 2.24) is 25.8 Å². The van der Waals surface area contributed by atoms with Crippen LogP contribution in [0.3, 0.4) is 0 Å². The number of H-pyrrole nitrogens is 1. The van der Waals surface area contributed by atoms with Crippen molar-refractivity contribution < 1.29 is 9.59 Å².